The Bertz CT molecular complexity index is 1440. The predicted octanol–water partition coefficient (Wildman–Crippen LogP) is 5.18. The lowest BCUT2D eigenvalue weighted by Gasteiger charge is -2.19. The molecule has 0 radical (unpaired) electrons. The van der Waals surface area contributed by atoms with Crippen molar-refractivity contribution in [2.75, 3.05) is 0 Å². The van der Waals surface area contributed by atoms with Gasteiger partial charge in [-0.25, -0.2) is 0 Å². The number of halogens is 1. The second-order valence-corrected chi connectivity index (χ2v) is 8.28. The molecule has 0 fully saturated rings. The van der Waals surface area contributed by atoms with Gasteiger partial charge in [-0.1, -0.05) is 41.9 Å². The van der Waals surface area contributed by atoms with Crippen LogP contribution in [0.5, 0.6) is 0 Å². The van der Waals surface area contributed by atoms with Crippen molar-refractivity contribution in [3.63, 3.8) is 0 Å². The summed E-state index contributed by atoms with van der Waals surface area (Å²) >= 11 is 7.41. The largest absolute Gasteiger partial charge is 0.457 e. The molecule has 0 saturated carbocycles. The maximum atomic E-state index is 12.6. The SMILES string of the molecule is N=C1/C(=C\c2ccc(-c3cccc([N+](=O)[O-])c3)o2)C(=O)N=C2SC(c3ccccc3Cl)=NN12. The lowest BCUT2D eigenvalue weighted by molar-refractivity contribution is -0.384. The average Bonchev–Trinajstić information content (AvgIpc) is 3.44. The van der Waals surface area contributed by atoms with Crippen LogP contribution in [0.1, 0.15) is 11.3 Å². The molecule has 2 aromatic carbocycles. The fourth-order valence-corrected chi connectivity index (χ4v) is 4.45. The van der Waals surface area contributed by atoms with E-state index in [1.807, 2.05) is 6.07 Å². The van der Waals surface area contributed by atoms with Gasteiger partial charge in [0, 0.05) is 23.3 Å². The summed E-state index contributed by atoms with van der Waals surface area (Å²) in [6.45, 7) is 0. The first-order valence-electron chi connectivity index (χ1n) is 9.50. The molecule has 0 unspecified atom stereocenters. The van der Waals surface area contributed by atoms with Gasteiger partial charge in [-0.3, -0.25) is 20.3 Å². The normalized spacial score (nSPS) is 16.6. The number of non-ortho nitro benzene ring substituents is 1. The summed E-state index contributed by atoms with van der Waals surface area (Å²) in [6, 6.07) is 16.4. The van der Waals surface area contributed by atoms with Crippen LogP contribution in [0.25, 0.3) is 17.4 Å². The number of rotatable bonds is 4. The molecule has 162 valence electrons. The van der Waals surface area contributed by atoms with E-state index in [0.717, 1.165) is 11.8 Å². The molecule has 0 saturated heterocycles. The number of amidine groups is 2. The summed E-state index contributed by atoms with van der Waals surface area (Å²) in [4.78, 5) is 27.2. The number of aliphatic imine (C=N–C) groups is 1. The van der Waals surface area contributed by atoms with Gasteiger partial charge in [0.15, 0.2) is 5.84 Å². The zero-order valence-corrected chi connectivity index (χ0v) is 18.1. The summed E-state index contributed by atoms with van der Waals surface area (Å²) in [5.74, 6) is -0.0544. The smallest absolute Gasteiger partial charge is 0.283 e. The van der Waals surface area contributed by atoms with Crippen molar-refractivity contribution in [2.45, 2.75) is 0 Å². The molecule has 2 aliphatic rings. The van der Waals surface area contributed by atoms with E-state index in [4.69, 9.17) is 21.4 Å². The Kier molecular flexibility index (Phi) is 5.15. The number of nitrogens with one attached hydrogen (secondary N) is 1. The average molecular weight is 478 g/mol. The van der Waals surface area contributed by atoms with Crippen LogP contribution < -0.4 is 0 Å². The van der Waals surface area contributed by atoms with Crippen LogP contribution in [0, 0.1) is 15.5 Å². The molecule has 5 rings (SSSR count). The molecule has 33 heavy (non-hydrogen) atoms. The van der Waals surface area contributed by atoms with Gasteiger partial charge in [-0.2, -0.15) is 15.1 Å². The lowest BCUT2D eigenvalue weighted by Crippen LogP contribution is -2.35. The number of nitro groups is 1. The number of carbonyl (C=O) groups excluding carboxylic acids is 1. The zero-order chi connectivity index (χ0) is 23.1. The van der Waals surface area contributed by atoms with Gasteiger partial charge in [0.05, 0.1) is 15.5 Å². The number of hydrogen-bond donors (Lipinski definition) is 1. The van der Waals surface area contributed by atoms with Crippen molar-refractivity contribution in [3.05, 3.63) is 92.7 Å². The highest BCUT2D eigenvalue weighted by molar-refractivity contribution is 8.27. The molecule has 0 atom stereocenters. The van der Waals surface area contributed by atoms with Crippen LogP contribution in [-0.2, 0) is 4.79 Å². The fourth-order valence-electron chi connectivity index (χ4n) is 3.24. The van der Waals surface area contributed by atoms with Crippen molar-refractivity contribution in [2.24, 2.45) is 10.1 Å². The topological polar surface area (TPSA) is 125 Å². The fraction of sp³-hybridized carbons (Fsp3) is 0. The van der Waals surface area contributed by atoms with Gasteiger partial charge >= 0.3 is 0 Å². The highest BCUT2D eigenvalue weighted by Crippen LogP contribution is 2.33. The molecule has 11 heteroatoms. The number of nitrogens with zero attached hydrogens (tertiary/aromatic N) is 4. The molecule has 1 amide bonds. The first-order valence-corrected chi connectivity index (χ1v) is 10.7. The first-order chi connectivity index (χ1) is 15.9. The van der Waals surface area contributed by atoms with E-state index in [1.165, 1.54) is 23.2 Å². The number of amides is 1. The number of fused-ring (bicyclic) bond motifs is 1. The second kappa shape index (κ2) is 8.15. The molecule has 1 N–H and O–H groups in total. The third kappa shape index (κ3) is 3.86. The number of benzene rings is 2. The van der Waals surface area contributed by atoms with E-state index in [0.29, 0.717) is 32.7 Å². The quantitative estimate of drug-likeness (QED) is 0.313. The van der Waals surface area contributed by atoms with Gasteiger partial charge in [-0.15, -0.1) is 0 Å². The van der Waals surface area contributed by atoms with E-state index >= 15 is 0 Å². The molecule has 3 heterocycles. The van der Waals surface area contributed by atoms with Gasteiger partial charge in [0.2, 0.25) is 5.17 Å². The summed E-state index contributed by atoms with van der Waals surface area (Å²) in [6.07, 6.45) is 1.40. The number of hydrogen-bond acceptors (Lipinski definition) is 7. The third-order valence-corrected chi connectivity index (χ3v) is 6.08. The molecule has 0 spiro atoms. The minimum absolute atomic E-state index is 0.00320. The van der Waals surface area contributed by atoms with Crippen LogP contribution in [0.15, 0.2) is 80.7 Å². The number of furan rings is 1. The summed E-state index contributed by atoms with van der Waals surface area (Å²) in [5.41, 5.74) is 1.14. The van der Waals surface area contributed by atoms with Gasteiger partial charge in [0.25, 0.3) is 11.6 Å². The van der Waals surface area contributed by atoms with Crippen molar-refractivity contribution in [1.29, 1.82) is 5.41 Å². The van der Waals surface area contributed by atoms with E-state index in [1.54, 1.807) is 42.5 Å². The minimum atomic E-state index is -0.595. The molecule has 2 aliphatic heterocycles. The van der Waals surface area contributed by atoms with Crippen molar-refractivity contribution in [3.8, 4) is 11.3 Å². The van der Waals surface area contributed by atoms with E-state index in [-0.39, 0.29) is 22.3 Å². The number of thioether (sulfide) groups is 1. The van der Waals surface area contributed by atoms with Crippen LogP contribution in [0.3, 0.4) is 0 Å². The van der Waals surface area contributed by atoms with Crippen LogP contribution in [0.4, 0.5) is 5.69 Å². The van der Waals surface area contributed by atoms with Crippen molar-refractivity contribution in [1.82, 2.24) is 5.01 Å². The Balaban J connectivity index is 1.45. The lowest BCUT2D eigenvalue weighted by atomic mass is 10.1. The van der Waals surface area contributed by atoms with E-state index < -0.39 is 10.8 Å². The van der Waals surface area contributed by atoms with Crippen molar-refractivity contribution >= 4 is 57.1 Å². The maximum Gasteiger partial charge on any atom is 0.283 e. The van der Waals surface area contributed by atoms with Crippen molar-refractivity contribution < 1.29 is 14.1 Å². The molecule has 3 aromatic rings. The second-order valence-electron chi connectivity index (χ2n) is 6.91. The molecule has 0 aliphatic carbocycles. The third-order valence-electron chi connectivity index (χ3n) is 4.81. The van der Waals surface area contributed by atoms with Crippen LogP contribution >= 0.6 is 23.4 Å². The Labute approximate surface area is 195 Å². The Morgan fingerprint density at radius 3 is 2.76 bits per heavy atom. The summed E-state index contributed by atoms with van der Waals surface area (Å²) in [7, 11) is 0. The first kappa shape index (κ1) is 20.9. The molecule has 9 nitrogen and oxygen atoms in total. The predicted molar refractivity (Wildman–Crippen MR) is 126 cm³/mol. The highest BCUT2D eigenvalue weighted by atomic mass is 35.5. The van der Waals surface area contributed by atoms with Gasteiger partial charge < -0.3 is 4.42 Å². The summed E-state index contributed by atoms with van der Waals surface area (Å²) < 4.78 is 5.75. The van der Waals surface area contributed by atoms with Gasteiger partial charge in [0.1, 0.15) is 16.6 Å². The summed E-state index contributed by atoms with van der Waals surface area (Å²) in [5, 5.41) is 26.5. The molecular formula is C22H12ClN5O4S. The van der Waals surface area contributed by atoms with Crippen LogP contribution in [0.2, 0.25) is 5.02 Å². The van der Waals surface area contributed by atoms with E-state index in [2.05, 4.69) is 10.1 Å². The maximum absolute atomic E-state index is 12.6. The molecule has 0 bridgehead atoms. The Morgan fingerprint density at radius 1 is 1.15 bits per heavy atom. The number of carbonyl (C=O) groups is 1. The highest BCUT2D eigenvalue weighted by Gasteiger charge is 2.36. The van der Waals surface area contributed by atoms with Crippen LogP contribution in [-0.4, -0.2) is 31.9 Å². The Hall–Kier alpha value is -4.02. The number of nitro benzene ring substituents is 1. The molecular weight excluding hydrogens is 466 g/mol. The minimum Gasteiger partial charge on any atom is -0.457 e. The van der Waals surface area contributed by atoms with Gasteiger partial charge in [-0.05, 0) is 36.0 Å². The molecule has 1 aromatic heterocycles. The number of hydrazone groups is 1. The monoisotopic (exact) mass is 477 g/mol. The standard InChI is InChI=1S/C22H12ClN5O4S/c23-17-7-2-1-6-15(17)21-26-27-19(24)16(20(29)25-22(27)33-21)11-14-8-9-18(32-14)12-4-3-5-13(10-12)28(30)31/h1-11,24H/b16-11+,24-19?. The Morgan fingerprint density at radius 2 is 1.97 bits per heavy atom. The van der Waals surface area contributed by atoms with E-state index in [9.17, 15) is 14.9 Å². The zero-order valence-electron chi connectivity index (χ0n) is 16.6.